The maximum absolute atomic E-state index is 10.6. The van der Waals surface area contributed by atoms with Gasteiger partial charge in [-0.05, 0) is 23.4 Å². The first kappa shape index (κ1) is 14.6. The van der Waals surface area contributed by atoms with E-state index in [-0.39, 0.29) is 5.69 Å². The van der Waals surface area contributed by atoms with Crippen LogP contribution in [-0.2, 0) is 6.42 Å². The van der Waals surface area contributed by atoms with Crippen molar-refractivity contribution in [1.29, 1.82) is 0 Å². The van der Waals surface area contributed by atoms with Crippen molar-refractivity contribution in [3.05, 3.63) is 69.8 Å². The van der Waals surface area contributed by atoms with Gasteiger partial charge in [-0.2, -0.15) is 0 Å². The van der Waals surface area contributed by atoms with Gasteiger partial charge >= 0.3 is 0 Å². The van der Waals surface area contributed by atoms with Crippen molar-refractivity contribution in [1.82, 2.24) is 0 Å². The third kappa shape index (κ3) is 3.37. The highest BCUT2D eigenvalue weighted by atomic mass is 32.2. The zero-order valence-electron chi connectivity index (χ0n) is 11.0. The number of thioether (sulfide) groups is 1. The zero-order valence-corrected chi connectivity index (χ0v) is 11.8. The Kier molecular flexibility index (Phi) is 4.76. The van der Waals surface area contributed by atoms with Crippen LogP contribution in [0.25, 0.3) is 0 Å². The van der Waals surface area contributed by atoms with E-state index in [0.29, 0.717) is 6.42 Å². The molecule has 2 rings (SSSR count). The molecule has 1 atom stereocenters. The summed E-state index contributed by atoms with van der Waals surface area (Å²) in [6, 6.07) is 14.0. The summed E-state index contributed by atoms with van der Waals surface area (Å²) in [6.45, 7) is 0. The van der Waals surface area contributed by atoms with Crippen molar-refractivity contribution in [3.63, 3.8) is 0 Å². The van der Waals surface area contributed by atoms with Crippen LogP contribution in [0, 0.1) is 10.1 Å². The third-order valence-corrected chi connectivity index (χ3v) is 3.89. The highest BCUT2D eigenvalue weighted by Gasteiger charge is 2.13. The molecule has 0 saturated heterocycles. The number of nitrogens with zero attached hydrogens (tertiary/aromatic N) is 1. The number of aliphatic hydroxyl groups is 1. The van der Waals surface area contributed by atoms with E-state index in [1.54, 1.807) is 23.9 Å². The quantitative estimate of drug-likeness (QED) is 0.519. The van der Waals surface area contributed by atoms with Gasteiger partial charge in [-0.3, -0.25) is 10.1 Å². The number of hydrogen-bond acceptors (Lipinski definition) is 4. The Morgan fingerprint density at radius 1 is 1.20 bits per heavy atom. The molecule has 1 unspecified atom stereocenters. The molecule has 0 amide bonds. The first-order chi connectivity index (χ1) is 9.61. The van der Waals surface area contributed by atoms with E-state index >= 15 is 0 Å². The number of nitro benzene ring substituents is 1. The van der Waals surface area contributed by atoms with Gasteiger partial charge in [-0.15, -0.1) is 11.8 Å². The Balaban J connectivity index is 2.14. The second kappa shape index (κ2) is 6.54. The van der Waals surface area contributed by atoms with Gasteiger partial charge in [-0.25, -0.2) is 0 Å². The van der Waals surface area contributed by atoms with E-state index in [1.807, 2.05) is 30.5 Å². The largest absolute Gasteiger partial charge is 0.388 e. The van der Waals surface area contributed by atoms with Crippen LogP contribution in [0.1, 0.15) is 17.2 Å². The van der Waals surface area contributed by atoms with Gasteiger partial charge in [0.2, 0.25) is 0 Å². The van der Waals surface area contributed by atoms with Crippen LogP contribution in [0.2, 0.25) is 0 Å². The van der Waals surface area contributed by atoms with E-state index in [0.717, 1.165) is 16.0 Å². The lowest BCUT2D eigenvalue weighted by atomic mass is 10.0. The third-order valence-electron chi connectivity index (χ3n) is 3.07. The topological polar surface area (TPSA) is 63.4 Å². The standard InChI is InChI=1S/C15H15NO3S/c1-20-15-5-3-2-4-13(15)14(17)10-11-6-8-12(9-7-11)16(18)19/h2-9,14,17H,10H2,1H3. The predicted octanol–water partition coefficient (Wildman–Crippen LogP) is 3.59. The van der Waals surface area contributed by atoms with Crippen molar-refractivity contribution < 1.29 is 10.0 Å². The minimum absolute atomic E-state index is 0.0627. The molecule has 0 aliphatic carbocycles. The van der Waals surface area contributed by atoms with E-state index < -0.39 is 11.0 Å². The van der Waals surface area contributed by atoms with Crippen LogP contribution in [0.3, 0.4) is 0 Å². The van der Waals surface area contributed by atoms with Crippen molar-refractivity contribution in [2.75, 3.05) is 6.26 Å². The van der Waals surface area contributed by atoms with E-state index in [4.69, 9.17) is 0 Å². The SMILES string of the molecule is CSc1ccccc1C(O)Cc1ccc([N+](=O)[O-])cc1. The van der Waals surface area contributed by atoms with Crippen molar-refractivity contribution >= 4 is 17.4 Å². The number of nitro groups is 1. The molecule has 4 nitrogen and oxygen atoms in total. The molecule has 2 aromatic rings. The van der Waals surface area contributed by atoms with Crippen LogP contribution in [0.5, 0.6) is 0 Å². The summed E-state index contributed by atoms with van der Waals surface area (Å²) >= 11 is 1.59. The molecule has 0 bridgehead atoms. The van der Waals surface area contributed by atoms with Gasteiger partial charge in [-0.1, -0.05) is 30.3 Å². The van der Waals surface area contributed by atoms with Gasteiger partial charge in [0.15, 0.2) is 0 Å². The fraction of sp³-hybridized carbons (Fsp3) is 0.200. The lowest BCUT2D eigenvalue weighted by Gasteiger charge is -2.14. The fourth-order valence-corrected chi connectivity index (χ4v) is 2.68. The monoisotopic (exact) mass is 289 g/mol. The molecule has 0 aromatic heterocycles. The Morgan fingerprint density at radius 2 is 1.85 bits per heavy atom. The van der Waals surface area contributed by atoms with Gasteiger partial charge < -0.3 is 5.11 Å². The number of hydrogen-bond donors (Lipinski definition) is 1. The molecule has 0 heterocycles. The van der Waals surface area contributed by atoms with E-state index in [2.05, 4.69) is 0 Å². The van der Waals surface area contributed by atoms with Crippen LogP contribution in [-0.4, -0.2) is 16.3 Å². The van der Waals surface area contributed by atoms with Gasteiger partial charge in [0, 0.05) is 23.4 Å². The van der Waals surface area contributed by atoms with E-state index in [9.17, 15) is 15.2 Å². The molecule has 104 valence electrons. The lowest BCUT2D eigenvalue weighted by Crippen LogP contribution is -2.03. The molecule has 0 fully saturated rings. The van der Waals surface area contributed by atoms with Crippen LogP contribution in [0.4, 0.5) is 5.69 Å². The molecule has 20 heavy (non-hydrogen) atoms. The minimum atomic E-state index is -0.611. The van der Waals surface area contributed by atoms with Gasteiger partial charge in [0.1, 0.15) is 0 Å². The average Bonchev–Trinajstić information content (AvgIpc) is 2.47. The normalized spacial score (nSPS) is 12.1. The first-order valence-electron chi connectivity index (χ1n) is 6.16. The Bertz CT molecular complexity index is 598. The number of rotatable bonds is 5. The minimum Gasteiger partial charge on any atom is -0.388 e. The summed E-state index contributed by atoms with van der Waals surface area (Å²) in [7, 11) is 0. The summed E-state index contributed by atoms with van der Waals surface area (Å²) < 4.78 is 0. The summed E-state index contributed by atoms with van der Waals surface area (Å²) in [6.07, 6.45) is 1.80. The van der Waals surface area contributed by atoms with Gasteiger partial charge in [0.25, 0.3) is 5.69 Å². The molecular weight excluding hydrogens is 274 g/mol. The maximum atomic E-state index is 10.6. The summed E-state index contributed by atoms with van der Waals surface area (Å²) in [5.41, 5.74) is 1.82. The molecular formula is C15H15NO3S. The summed E-state index contributed by atoms with van der Waals surface area (Å²) in [5, 5.41) is 20.9. The molecule has 0 radical (unpaired) electrons. The Morgan fingerprint density at radius 3 is 2.45 bits per heavy atom. The summed E-state index contributed by atoms with van der Waals surface area (Å²) in [4.78, 5) is 11.2. The number of benzene rings is 2. The van der Waals surface area contributed by atoms with E-state index in [1.165, 1.54) is 12.1 Å². The Labute approximate surface area is 121 Å². The second-order valence-corrected chi connectivity index (χ2v) is 5.23. The number of non-ortho nitro benzene ring substituents is 1. The number of aliphatic hydroxyl groups excluding tert-OH is 1. The highest BCUT2D eigenvalue weighted by molar-refractivity contribution is 7.98. The molecule has 0 aliphatic heterocycles. The van der Waals surface area contributed by atoms with Crippen LogP contribution >= 0.6 is 11.8 Å². The van der Waals surface area contributed by atoms with Crippen LogP contribution in [0.15, 0.2) is 53.4 Å². The van der Waals surface area contributed by atoms with Gasteiger partial charge in [0.05, 0.1) is 11.0 Å². The first-order valence-corrected chi connectivity index (χ1v) is 7.38. The Hall–Kier alpha value is -1.85. The molecule has 0 spiro atoms. The molecule has 5 heteroatoms. The predicted molar refractivity (Wildman–Crippen MR) is 80.0 cm³/mol. The lowest BCUT2D eigenvalue weighted by molar-refractivity contribution is -0.384. The second-order valence-electron chi connectivity index (χ2n) is 4.39. The molecule has 2 aromatic carbocycles. The average molecular weight is 289 g/mol. The summed E-state index contributed by atoms with van der Waals surface area (Å²) in [5.74, 6) is 0. The molecule has 1 N–H and O–H groups in total. The zero-order chi connectivity index (χ0) is 14.5. The molecule has 0 saturated carbocycles. The fourth-order valence-electron chi connectivity index (χ4n) is 2.03. The smallest absolute Gasteiger partial charge is 0.269 e. The highest BCUT2D eigenvalue weighted by Crippen LogP contribution is 2.28. The van der Waals surface area contributed by atoms with Crippen molar-refractivity contribution in [2.24, 2.45) is 0 Å². The molecule has 0 aliphatic rings. The van der Waals surface area contributed by atoms with Crippen LogP contribution < -0.4 is 0 Å². The maximum Gasteiger partial charge on any atom is 0.269 e. The van der Waals surface area contributed by atoms with Crippen molar-refractivity contribution in [2.45, 2.75) is 17.4 Å². The van der Waals surface area contributed by atoms with Crippen molar-refractivity contribution in [3.8, 4) is 0 Å².